The molecule has 1 fully saturated rings. The number of hydrogen-bond acceptors (Lipinski definition) is 10. The molecule has 1 heterocycles. The van der Waals surface area contributed by atoms with Gasteiger partial charge in [0.25, 0.3) is 0 Å². The van der Waals surface area contributed by atoms with Crippen molar-refractivity contribution in [1.29, 1.82) is 0 Å². The number of carbonyl (C=O) groups excluding carboxylic acids is 2. The summed E-state index contributed by atoms with van der Waals surface area (Å²) in [6.45, 7) is 5.65. The lowest BCUT2D eigenvalue weighted by Gasteiger charge is -2.41. The number of rotatable bonds is 60. The van der Waals surface area contributed by atoms with E-state index in [0.29, 0.717) is 12.8 Å². The zero-order valence-corrected chi connectivity index (χ0v) is 55.2. The van der Waals surface area contributed by atoms with Crippen LogP contribution in [0.1, 0.15) is 303 Å². The number of ether oxygens (including phenoxy) is 3. The van der Waals surface area contributed by atoms with Crippen molar-refractivity contribution in [3.05, 3.63) is 97.2 Å². The van der Waals surface area contributed by atoms with Crippen molar-refractivity contribution < 1.29 is 49.3 Å². The smallest absolute Gasteiger partial charge is 0.306 e. The predicted molar refractivity (Wildman–Crippen MR) is 361 cm³/mol. The SMILES string of the molecule is CC/C=C\C/C=C\C/C=C\C/C=C\C/C=C\C/C=C\CC(O)C(=O)NC(COC1OC(CO)C(O)C(O)C1OC(=O)CCCCCCCCCCCCCCCCCCC/C=C/CCCCCCCC)C(O)/C=C/CCCCCCCCCCCC. The van der Waals surface area contributed by atoms with Crippen LogP contribution in [0.5, 0.6) is 0 Å². The molecule has 6 N–H and O–H groups in total. The number of hydrogen-bond donors (Lipinski definition) is 6. The Balaban J connectivity index is 2.58. The molecule has 1 rings (SSSR count). The van der Waals surface area contributed by atoms with Gasteiger partial charge in [0, 0.05) is 12.8 Å². The first-order valence-corrected chi connectivity index (χ1v) is 35.5. The molecule has 496 valence electrons. The molecule has 0 aromatic rings. The highest BCUT2D eigenvalue weighted by Crippen LogP contribution is 2.26. The van der Waals surface area contributed by atoms with E-state index in [9.17, 15) is 35.1 Å². The lowest BCUT2D eigenvalue weighted by Crippen LogP contribution is -2.61. The van der Waals surface area contributed by atoms with Crippen molar-refractivity contribution in [1.82, 2.24) is 5.32 Å². The molecule has 1 amide bonds. The first-order chi connectivity index (χ1) is 42.2. The van der Waals surface area contributed by atoms with E-state index in [4.69, 9.17) is 14.2 Å². The van der Waals surface area contributed by atoms with Crippen LogP contribution >= 0.6 is 0 Å². The molecule has 0 aromatic carbocycles. The summed E-state index contributed by atoms with van der Waals surface area (Å²) in [5.41, 5.74) is 0. The van der Waals surface area contributed by atoms with Crippen LogP contribution in [0.3, 0.4) is 0 Å². The van der Waals surface area contributed by atoms with Gasteiger partial charge >= 0.3 is 5.97 Å². The van der Waals surface area contributed by atoms with Gasteiger partial charge < -0.3 is 45.1 Å². The minimum Gasteiger partial charge on any atom is -0.454 e. The van der Waals surface area contributed by atoms with E-state index in [2.05, 4.69) is 92.9 Å². The highest BCUT2D eigenvalue weighted by Gasteiger charge is 2.47. The fourth-order valence-corrected chi connectivity index (χ4v) is 10.7. The summed E-state index contributed by atoms with van der Waals surface area (Å²) < 4.78 is 17.7. The first kappa shape index (κ1) is 80.6. The molecular weight excluding hydrogens is 1070 g/mol. The summed E-state index contributed by atoms with van der Waals surface area (Å²) in [5.74, 6) is -1.28. The fraction of sp³-hybridized carbons (Fsp3) is 0.760. The molecule has 8 atom stereocenters. The number of allylic oxidation sites excluding steroid dienone is 14. The minimum absolute atomic E-state index is 0.0550. The second-order valence-electron chi connectivity index (χ2n) is 24.2. The minimum atomic E-state index is -1.63. The third-order valence-electron chi connectivity index (χ3n) is 16.2. The largest absolute Gasteiger partial charge is 0.454 e. The average molecular weight is 1210 g/mol. The van der Waals surface area contributed by atoms with Crippen molar-refractivity contribution in [2.45, 2.75) is 352 Å². The van der Waals surface area contributed by atoms with Crippen molar-refractivity contribution in [2.24, 2.45) is 0 Å². The number of aliphatic hydroxyl groups excluding tert-OH is 5. The summed E-state index contributed by atoms with van der Waals surface area (Å²) in [5, 5.41) is 57.1. The Morgan fingerprint density at radius 3 is 1.24 bits per heavy atom. The lowest BCUT2D eigenvalue weighted by molar-refractivity contribution is -0.305. The van der Waals surface area contributed by atoms with Crippen molar-refractivity contribution >= 4 is 11.9 Å². The molecule has 0 saturated carbocycles. The monoisotopic (exact) mass is 1210 g/mol. The predicted octanol–water partition coefficient (Wildman–Crippen LogP) is 18.2. The summed E-state index contributed by atoms with van der Waals surface area (Å²) in [6, 6.07) is -1.07. The van der Waals surface area contributed by atoms with Crippen LogP contribution in [-0.4, -0.2) is 99.6 Å². The van der Waals surface area contributed by atoms with E-state index >= 15 is 0 Å². The van der Waals surface area contributed by atoms with Gasteiger partial charge in [-0.1, -0.05) is 304 Å². The zero-order chi connectivity index (χ0) is 62.4. The van der Waals surface area contributed by atoms with Crippen LogP contribution in [0, 0.1) is 0 Å². The molecule has 0 aliphatic carbocycles. The summed E-state index contributed by atoms with van der Waals surface area (Å²) >= 11 is 0. The summed E-state index contributed by atoms with van der Waals surface area (Å²) in [6.07, 6.45) is 73.4. The molecule has 11 heteroatoms. The van der Waals surface area contributed by atoms with Gasteiger partial charge in [-0.3, -0.25) is 9.59 Å². The van der Waals surface area contributed by atoms with Gasteiger partial charge in [0.1, 0.15) is 24.4 Å². The third-order valence-corrected chi connectivity index (χ3v) is 16.2. The lowest BCUT2D eigenvalue weighted by atomic mass is 9.99. The molecule has 1 aliphatic rings. The van der Waals surface area contributed by atoms with Gasteiger partial charge in [-0.25, -0.2) is 0 Å². The van der Waals surface area contributed by atoms with E-state index in [1.54, 1.807) is 12.2 Å². The molecule has 0 bridgehead atoms. The highest BCUT2D eigenvalue weighted by molar-refractivity contribution is 5.81. The number of aliphatic hydroxyl groups is 5. The van der Waals surface area contributed by atoms with E-state index in [0.717, 1.165) is 77.0 Å². The molecule has 1 saturated heterocycles. The number of esters is 1. The van der Waals surface area contributed by atoms with E-state index in [1.807, 2.05) is 18.2 Å². The van der Waals surface area contributed by atoms with Gasteiger partial charge in [-0.2, -0.15) is 0 Å². The van der Waals surface area contributed by atoms with Crippen LogP contribution in [-0.2, 0) is 23.8 Å². The van der Waals surface area contributed by atoms with Crippen molar-refractivity contribution in [3.63, 3.8) is 0 Å². The first-order valence-electron chi connectivity index (χ1n) is 35.5. The van der Waals surface area contributed by atoms with Gasteiger partial charge in [-0.05, 0) is 83.5 Å². The Labute approximate surface area is 526 Å². The molecule has 8 unspecified atom stereocenters. The Morgan fingerprint density at radius 2 is 0.837 bits per heavy atom. The summed E-state index contributed by atoms with van der Waals surface area (Å²) in [7, 11) is 0. The van der Waals surface area contributed by atoms with E-state index in [-0.39, 0.29) is 19.4 Å². The van der Waals surface area contributed by atoms with Crippen molar-refractivity contribution in [2.75, 3.05) is 13.2 Å². The van der Waals surface area contributed by atoms with E-state index in [1.165, 1.54) is 180 Å². The maximum absolute atomic E-state index is 13.4. The molecule has 0 radical (unpaired) electrons. The summed E-state index contributed by atoms with van der Waals surface area (Å²) in [4.78, 5) is 26.6. The maximum Gasteiger partial charge on any atom is 0.306 e. The Morgan fingerprint density at radius 1 is 0.465 bits per heavy atom. The Hall–Kier alpha value is -3.42. The number of amides is 1. The number of nitrogens with one attached hydrogen (secondary N) is 1. The fourth-order valence-electron chi connectivity index (χ4n) is 10.7. The highest BCUT2D eigenvalue weighted by atomic mass is 16.7. The van der Waals surface area contributed by atoms with Gasteiger partial charge in [0.05, 0.1) is 25.4 Å². The molecule has 0 aromatic heterocycles. The van der Waals surface area contributed by atoms with Crippen LogP contribution in [0.2, 0.25) is 0 Å². The topological polar surface area (TPSA) is 175 Å². The average Bonchev–Trinajstić information content (AvgIpc) is 3.59. The normalized spacial score (nSPS) is 18.9. The Bertz CT molecular complexity index is 1770. The third kappa shape index (κ3) is 48.5. The molecule has 11 nitrogen and oxygen atoms in total. The zero-order valence-electron chi connectivity index (χ0n) is 55.2. The molecular formula is C75H131NO10. The van der Waals surface area contributed by atoms with Crippen molar-refractivity contribution in [3.8, 4) is 0 Å². The number of carbonyl (C=O) groups is 2. The Kier molecular flexibility index (Phi) is 57.9. The quantitative estimate of drug-likeness (QED) is 0.0195. The second-order valence-corrected chi connectivity index (χ2v) is 24.2. The van der Waals surface area contributed by atoms with E-state index < -0.39 is 67.4 Å². The van der Waals surface area contributed by atoms with Gasteiger partial charge in [0.2, 0.25) is 5.91 Å². The second kappa shape index (κ2) is 61.8. The molecule has 86 heavy (non-hydrogen) atoms. The maximum atomic E-state index is 13.4. The molecule has 0 spiro atoms. The van der Waals surface area contributed by atoms with Gasteiger partial charge in [-0.15, -0.1) is 0 Å². The van der Waals surface area contributed by atoms with Gasteiger partial charge in [0.15, 0.2) is 12.4 Å². The molecule has 1 aliphatic heterocycles. The number of unbranched alkanes of at least 4 members (excludes halogenated alkanes) is 33. The van der Waals surface area contributed by atoms with Crippen LogP contribution in [0.15, 0.2) is 97.2 Å². The standard InChI is InChI=1S/C75H131NO10/c1-4-7-10-13-16-19-22-25-27-29-31-32-33-34-35-36-37-38-39-41-43-45-48-51-54-57-60-63-70(80)86-73-72(82)71(81)69(64-77)85-75(73)84-65-66(67(78)61-58-55-52-49-46-24-21-18-15-12-9-6-3)76-74(83)68(79)62-59-56-53-50-47-44-42-40-30-28-26-23-20-17-14-11-8-5-2/h8,11,17,20,25-28,40,42,47,50,56,58-59,61,66-69,71-73,75,77-79,81-82H,4-7,9-10,12-16,18-19,21-24,29-39,41,43-46,48-49,51-55,57,60,62-65H2,1-3H3,(H,76,83)/b11-8-,20-17-,27-25+,28-26-,42-40-,50-47-,59-56-,61-58+. The van der Waals surface area contributed by atoms with Crippen LogP contribution in [0.25, 0.3) is 0 Å². The van der Waals surface area contributed by atoms with Crippen LogP contribution < -0.4 is 5.32 Å². The van der Waals surface area contributed by atoms with Crippen LogP contribution in [0.4, 0.5) is 0 Å².